The lowest BCUT2D eigenvalue weighted by Crippen LogP contribution is -2.49. The summed E-state index contributed by atoms with van der Waals surface area (Å²) in [6, 6.07) is 13.9. The lowest BCUT2D eigenvalue weighted by molar-refractivity contribution is -0.133. The van der Waals surface area contributed by atoms with E-state index in [1.807, 2.05) is 37.3 Å². The van der Waals surface area contributed by atoms with Crippen molar-refractivity contribution in [3.63, 3.8) is 0 Å². The molecule has 1 atom stereocenters. The van der Waals surface area contributed by atoms with Crippen LogP contribution in [0.15, 0.2) is 86.0 Å². The van der Waals surface area contributed by atoms with Gasteiger partial charge < -0.3 is 25.0 Å². The number of fused-ring (bicyclic) bond motifs is 1. The molecule has 1 aliphatic rings. The average molecular weight is 719 g/mol. The number of halogens is 3. The minimum Gasteiger partial charge on any atom is -0.492 e. The topological polar surface area (TPSA) is 128 Å². The molecule has 0 spiro atoms. The summed E-state index contributed by atoms with van der Waals surface area (Å²) < 4.78 is 40.3. The first-order valence-corrected chi connectivity index (χ1v) is 16.8. The number of hydrogen-bond acceptors (Lipinski definition) is 8. The van der Waals surface area contributed by atoms with Crippen molar-refractivity contribution in [3.05, 3.63) is 102 Å². The van der Waals surface area contributed by atoms with Gasteiger partial charge in [-0.3, -0.25) is 14.3 Å². The van der Waals surface area contributed by atoms with E-state index >= 15 is 0 Å². The second-order valence-corrected chi connectivity index (χ2v) is 12.6. The normalized spacial score (nSPS) is 14.1. The number of anilines is 1. The van der Waals surface area contributed by atoms with E-state index in [2.05, 4.69) is 32.4 Å². The van der Waals surface area contributed by atoms with Gasteiger partial charge >= 0.3 is 6.61 Å². The Hall–Kier alpha value is -5.34. The number of amides is 2. The van der Waals surface area contributed by atoms with Crippen molar-refractivity contribution in [1.82, 2.24) is 34.6 Å². The van der Waals surface area contributed by atoms with Gasteiger partial charge in [-0.25, -0.2) is 9.50 Å². The smallest absolute Gasteiger partial charge is 0.387 e. The molecule has 2 aromatic carbocycles. The molecule has 0 bridgehead atoms. The lowest BCUT2D eigenvalue weighted by atomic mass is 10.0. The van der Waals surface area contributed by atoms with Crippen LogP contribution in [0.1, 0.15) is 35.2 Å². The number of nitrogens with zero attached hydrogens (tertiary/aromatic N) is 6. The Morgan fingerprint density at radius 2 is 1.94 bits per heavy atom. The van der Waals surface area contributed by atoms with Gasteiger partial charge in [0.25, 0.3) is 5.91 Å². The predicted octanol–water partition coefficient (Wildman–Crippen LogP) is 6.01. The number of nitrogens with one attached hydrogen (secondary N) is 2. The standard InChI is InChI=1S/C36H37ClF2N8O4/c1-3-5-26(22-50-27-9-6-23(2)7-10-27)42-25-12-16-45(17-13-25)32(48)21-46-20-30(43-35(49)29-19-41-47-15-4-14-40-34(29)47)33(44-46)28-18-24(37)8-11-31(28)51-36(38)39/h3-4,6-11,14-15,18-20,25-26,36,42H,1,5,12-13,16-17,21-22H2,2H3,(H,43,49). The SMILES string of the molecule is C=CCC(COc1ccc(C)cc1)NC1CCN(C(=O)Cn2cc(NC(=O)c3cnn4cccnc34)c(-c3cc(Cl)ccc3OC(F)F)n2)CC1. The van der Waals surface area contributed by atoms with Gasteiger partial charge in [0.1, 0.15) is 35.9 Å². The zero-order valence-electron chi connectivity index (χ0n) is 27.8. The van der Waals surface area contributed by atoms with E-state index in [-0.39, 0.29) is 57.8 Å². The molecule has 1 saturated heterocycles. The molecule has 0 radical (unpaired) electrons. The minimum absolute atomic E-state index is 0.0640. The Bertz CT molecular complexity index is 1990. The van der Waals surface area contributed by atoms with Crippen molar-refractivity contribution in [3.8, 4) is 22.8 Å². The molecule has 6 rings (SSSR count). The Balaban J connectivity index is 1.15. The van der Waals surface area contributed by atoms with Gasteiger partial charge in [0.15, 0.2) is 5.65 Å². The summed E-state index contributed by atoms with van der Waals surface area (Å²) in [7, 11) is 0. The van der Waals surface area contributed by atoms with E-state index in [1.165, 1.54) is 46.0 Å². The Labute approximate surface area is 298 Å². The highest BCUT2D eigenvalue weighted by Gasteiger charge is 2.27. The van der Waals surface area contributed by atoms with Gasteiger partial charge in [-0.1, -0.05) is 35.4 Å². The van der Waals surface area contributed by atoms with Crippen LogP contribution >= 0.6 is 11.6 Å². The second kappa shape index (κ2) is 16.1. The van der Waals surface area contributed by atoms with Crippen LogP contribution in [0.2, 0.25) is 5.02 Å². The van der Waals surface area contributed by atoms with Gasteiger partial charge in [0.05, 0.1) is 11.9 Å². The van der Waals surface area contributed by atoms with Crippen LogP contribution in [0.3, 0.4) is 0 Å². The summed E-state index contributed by atoms with van der Waals surface area (Å²) in [5.74, 6) is -0.148. The molecule has 15 heteroatoms. The molecule has 1 aliphatic heterocycles. The number of hydrogen-bond donors (Lipinski definition) is 2. The quantitative estimate of drug-likeness (QED) is 0.134. The Morgan fingerprint density at radius 1 is 1.16 bits per heavy atom. The number of aromatic nitrogens is 5. The number of carbonyl (C=O) groups excluding carboxylic acids is 2. The van der Waals surface area contributed by atoms with Gasteiger partial charge in [-0.2, -0.15) is 19.0 Å². The van der Waals surface area contributed by atoms with E-state index in [0.717, 1.165) is 30.6 Å². The molecule has 2 N–H and O–H groups in total. The van der Waals surface area contributed by atoms with E-state index in [1.54, 1.807) is 17.2 Å². The number of rotatable bonds is 14. The first kappa shape index (κ1) is 35.5. The fourth-order valence-electron chi connectivity index (χ4n) is 5.94. The van der Waals surface area contributed by atoms with Crippen LogP contribution in [0.25, 0.3) is 16.9 Å². The third-order valence-electron chi connectivity index (χ3n) is 8.49. The van der Waals surface area contributed by atoms with Crippen LogP contribution in [0, 0.1) is 6.92 Å². The molecule has 4 heterocycles. The fraction of sp³-hybridized carbons (Fsp3) is 0.306. The first-order valence-electron chi connectivity index (χ1n) is 16.4. The van der Waals surface area contributed by atoms with Crippen LogP contribution in [0.5, 0.6) is 11.5 Å². The number of alkyl halides is 2. The summed E-state index contributed by atoms with van der Waals surface area (Å²) in [4.78, 5) is 33.0. The maximum Gasteiger partial charge on any atom is 0.387 e. The Kier molecular flexibility index (Phi) is 11.2. The van der Waals surface area contributed by atoms with Crippen LogP contribution < -0.4 is 20.1 Å². The molecule has 12 nitrogen and oxygen atoms in total. The van der Waals surface area contributed by atoms with Crippen molar-refractivity contribution < 1.29 is 27.8 Å². The minimum atomic E-state index is -3.12. The molecule has 1 unspecified atom stereocenters. The zero-order valence-corrected chi connectivity index (χ0v) is 28.6. The van der Waals surface area contributed by atoms with Crippen molar-refractivity contribution in [2.75, 3.05) is 25.0 Å². The van der Waals surface area contributed by atoms with Gasteiger partial charge in [-0.05, 0) is 62.6 Å². The molecule has 266 valence electrons. The number of piperidine rings is 1. The molecular formula is C36H37ClF2N8O4. The number of benzene rings is 2. The third-order valence-corrected chi connectivity index (χ3v) is 8.72. The van der Waals surface area contributed by atoms with Gasteiger partial charge in [0, 0.05) is 54.3 Å². The first-order chi connectivity index (χ1) is 24.7. The van der Waals surface area contributed by atoms with Gasteiger partial charge in [-0.15, -0.1) is 6.58 Å². The molecule has 5 aromatic rings. The fourth-order valence-corrected chi connectivity index (χ4v) is 6.11. The summed E-state index contributed by atoms with van der Waals surface area (Å²) in [5, 5.41) is 15.4. The van der Waals surface area contributed by atoms with E-state index in [4.69, 9.17) is 21.1 Å². The largest absolute Gasteiger partial charge is 0.492 e. The lowest BCUT2D eigenvalue weighted by Gasteiger charge is -2.34. The molecule has 0 aliphatic carbocycles. The molecule has 2 amide bonds. The number of ether oxygens (including phenoxy) is 2. The molecule has 0 saturated carbocycles. The highest BCUT2D eigenvalue weighted by molar-refractivity contribution is 6.31. The summed E-state index contributed by atoms with van der Waals surface area (Å²) in [5.41, 5.74) is 1.99. The van der Waals surface area contributed by atoms with Crippen molar-refractivity contribution >= 4 is 34.7 Å². The van der Waals surface area contributed by atoms with E-state index in [9.17, 15) is 18.4 Å². The van der Waals surface area contributed by atoms with Crippen molar-refractivity contribution in [2.45, 2.75) is 51.4 Å². The molecule has 1 fully saturated rings. The number of aryl methyl sites for hydroxylation is 1. The molecule has 3 aromatic heterocycles. The monoisotopic (exact) mass is 718 g/mol. The summed E-state index contributed by atoms with van der Waals surface area (Å²) in [6.45, 7) is 4.17. The molecule has 51 heavy (non-hydrogen) atoms. The number of carbonyl (C=O) groups is 2. The third kappa shape index (κ3) is 8.88. The van der Waals surface area contributed by atoms with E-state index < -0.39 is 12.5 Å². The summed E-state index contributed by atoms with van der Waals surface area (Å²) in [6.07, 6.45) is 10.1. The number of likely N-dealkylation sites (tertiary alicyclic amines) is 1. The summed E-state index contributed by atoms with van der Waals surface area (Å²) >= 11 is 6.25. The maximum atomic E-state index is 13.5. The van der Waals surface area contributed by atoms with Crippen molar-refractivity contribution in [2.24, 2.45) is 0 Å². The highest BCUT2D eigenvalue weighted by atomic mass is 35.5. The Morgan fingerprint density at radius 3 is 2.69 bits per heavy atom. The van der Waals surface area contributed by atoms with Gasteiger partial charge in [0.2, 0.25) is 5.91 Å². The molecular weight excluding hydrogens is 682 g/mol. The zero-order chi connectivity index (χ0) is 35.9. The van der Waals surface area contributed by atoms with Crippen LogP contribution in [-0.2, 0) is 11.3 Å². The van der Waals surface area contributed by atoms with E-state index in [0.29, 0.717) is 25.3 Å². The highest BCUT2D eigenvalue weighted by Crippen LogP contribution is 2.37. The van der Waals surface area contributed by atoms with Crippen LogP contribution in [-0.4, -0.2) is 79.5 Å². The van der Waals surface area contributed by atoms with Crippen molar-refractivity contribution in [1.29, 1.82) is 0 Å². The van der Waals surface area contributed by atoms with Crippen LogP contribution in [0.4, 0.5) is 14.5 Å². The predicted molar refractivity (Wildman–Crippen MR) is 188 cm³/mol. The maximum absolute atomic E-state index is 13.5. The average Bonchev–Trinajstić information content (AvgIpc) is 3.73. The second-order valence-electron chi connectivity index (χ2n) is 12.2.